The van der Waals surface area contributed by atoms with Crippen molar-refractivity contribution < 1.29 is 34.5 Å². The number of carboxylic acid groups (broad SMARTS) is 1. The Balaban J connectivity index is 3.21. The molecule has 0 aromatic heterocycles. The van der Waals surface area contributed by atoms with Gasteiger partial charge in [-0.3, -0.25) is 50.6 Å². The number of rotatable bonds is 7. The largest absolute Gasteiger partial charge is 0.478 e. The van der Waals surface area contributed by atoms with Crippen LogP contribution in [0.4, 0.5) is 28.4 Å². The number of nitrogens with zero attached hydrogens (tertiary/aromatic N) is 5. The predicted molar refractivity (Wildman–Crippen MR) is 92.1 cm³/mol. The second kappa shape index (κ2) is 7.50. The average molecular weight is 423 g/mol. The smallest absolute Gasteiger partial charge is 0.336 e. The topological polar surface area (TPSA) is 253 Å². The van der Waals surface area contributed by atoms with E-state index >= 15 is 0 Å². The first-order chi connectivity index (χ1) is 13.9. The van der Waals surface area contributed by atoms with Crippen molar-refractivity contribution in [3.05, 3.63) is 80.4 Å². The predicted octanol–water partition coefficient (Wildman–Crippen LogP) is 2.59. The number of carbonyl (C=O) groups is 1. The van der Waals surface area contributed by atoms with Crippen molar-refractivity contribution in [1.82, 2.24) is 0 Å². The van der Waals surface area contributed by atoms with Crippen LogP contribution in [0.25, 0.3) is 11.1 Å². The van der Waals surface area contributed by atoms with Gasteiger partial charge < -0.3 is 5.11 Å². The molecule has 2 rings (SSSR count). The van der Waals surface area contributed by atoms with Crippen molar-refractivity contribution in [2.75, 3.05) is 0 Å². The summed E-state index contributed by atoms with van der Waals surface area (Å²) in [5.74, 6) is -2.03. The lowest BCUT2D eigenvalue weighted by atomic mass is 9.93. The average Bonchev–Trinajstić information content (AvgIpc) is 2.65. The summed E-state index contributed by atoms with van der Waals surface area (Å²) in [5.41, 5.74) is -9.95. The van der Waals surface area contributed by atoms with Crippen LogP contribution in [0.1, 0.15) is 10.4 Å². The van der Waals surface area contributed by atoms with Gasteiger partial charge in [-0.1, -0.05) is 0 Å². The summed E-state index contributed by atoms with van der Waals surface area (Å²) in [5, 5.41) is 65.5. The maximum Gasteiger partial charge on any atom is 0.336 e. The van der Waals surface area contributed by atoms with Gasteiger partial charge in [-0.15, -0.1) is 0 Å². The molecule has 0 spiro atoms. The van der Waals surface area contributed by atoms with E-state index in [0.717, 1.165) is 0 Å². The molecule has 0 aliphatic heterocycles. The highest BCUT2D eigenvalue weighted by molar-refractivity contribution is 6.03. The fourth-order valence-corrected chi connectivity index (χ4v) is 2.54. The molecule has 1 N–H and O–H groups in total. The van der Waals surface area contributed by atoms with Gasteiger partial charge in [0.1, 0.15) is 5.56 Å². The fraction of sp³-hybridized carbons (Fsp3) is 0. The number of carboxylic acids is 1. The van der Waals surface area contributed by atoms with Gasteiger partial charge in [-0.25, -0.2) is 4.79 Å². The van der Waals surface area contributed by atoms with Crippen molar-refractivity contribution in [3.63, 3.8) is 0 Å². The van der Waals surface area contributed by atoms with E-state index in [1.54, 1.807) is 0 Å². The molecule has 0 amide bonds. The zero-order chi connectivity index (χ0) is 22.9. The molecule has 0 fully saturated rings. The molecule has 0 radical (unpaired) electrons. The highest BCUT2D eigenvalue weighted by atomic mass is 16.6. The first-order valence-electron chi connectivity index (χ1n) is 7.18. The zero-order valence-corrected chi connectivity index (χ0v) is 14.0. The number of aromatic carboxylic acids is 1. The van der Waals surface area contributed by atoms with Gasteiger partial charge in [0.25, 0.3) is 28.4 Å². The summed E-state index contributed by atoms with van der Waals surface area (Å²) in [6.07, 6.45) is 0. The second-order valence-electron chi connectivity index (χ2n) is 5.34. The van der Waals surface area contributed by atoms with Crippen LogP contribution < -0.4 is 0 Å². The van der Waals surface area contributed by atoms with E-state index in [0.29, 0.717) is 6.07 Å². The van der Waals surface area contributed by atoms with Crippen LogP contribution in [0.5, 0.6) is 0 Å². The van der Waals surface area contributed by atoms with E-state index in [2.05, 4.69) is 0 Å². The van der Waals surface area contributed by atoms with E-state index in [4.69, 9.17) is 0 Å². The van der Waals surface area contributed by atoms with Crippen molar-refractivity contribution >= 4 is 34.4 Å². The molecule has 0 aliphatic carbocycles. The molecule has 2 aromatic carbocycles. The number of nitro groups is 5. The zero-order valence-electron chi connectivity index (χ0n) is 14.0. The molecular weight excluding hydrogens is 418 g/mol. The van der Waals surface area contributed by atoms with E-state index < -0.39 is 75.7 Å². The summed E-state index contributed by atoms with van der Waals surface area (Å²) in [4.78, 5) is 61.4. The molecule has 0 atom stereocenters. The van der Waals surface area contributed by atoms with Gasteiger partial charge in [-0.2, -0.15) is 0 Å². The van der Waals surface area contributed by atoms with Crippen molar-refractivity contribution in [2.45, 2.75) is 0 Å². The number of hydrogen-bond acceptors (Lipinski definition) is 11. The quantitative estimate of drug-likeness (QED) is 0.498. The molecule has 0 aliphatic rings. The molecule has 17 nitrogen and oxygen atoms in total. The Kier molecular flexibility index (Phi) is 5.30. The van der Waals surface area contributed by atoms with Crippen molar-refractivity contribution in [1.29, 1.82) is 0 Å². The van der Waals surface area contributed by atoms with Crippen LogP contribution in [-0.4, -0.2) is 35.7 Å². The highest BCUT2D eigenvalue weighted by Crippen LogP contribution is 2.47. The Morgan fingerprint density at radius 3 is 1.23 bits per heavy atom. The van der Waals surface area contributed by atoms with Crippen LogP contribution in [0.15, 0.2) is 24.3 Å². The molecule has 0 bridgehead atoms. The molecule has 0 unspecified atom stereocenters. The van der Waals surface area contributed by atoms with Gasteiger partial charge in [0, 0.05) is 6.07 Å². The molecule has 17 heteroatoms. The van der Waals surface area contributed by atoms with E-state index in [1.165, 1.54) is 0 Å². The second-order valence-corrected chi connectivity index (χ2v) is 5.34. The monoisotopic (exact) mass is 423 g/mol. The Labute approximate surface area is 161 Å². The number of nitro benzene ring substituents is 5. The van der Waals surface area contributed by atoms with E-state index in [1.807, 2.05) is 0 Å². The van der Waals surface area contributed by atoms with Gasteiger partial charge in [-0.05, 0) is 0 Å². The fourth-order valence-electron chi connectivity index (χ4n) is 2.54. The SMILES string of the molecule is O=C(O)c1cc([N+](=O)[O-])cc([N+](=O)[O-])c1-c1c([N+](=O)[O-])cc([N+](=O)[O-])cc1[N+](=O)[O-]. The Hall–Kier alpha value is -5.09. The number of benzene rings is 2. The van der Waals surface area contributed by atoms with E-state index in [-0.39, 0.29) is 18.2 Å². The third-order valence-corrected chi connectivity index (χ3v) is 3.68. The molecular formula is C13H5N5O12. The first kappa shape index (κ1) is 21.2. The summed E-state index contributed by atoms with van der Waals surface area (Å²) in [7, 11) is 0. The normalized spacial score (nSPS) is 10.3. The number of non-ortho nitro benzene ring substituents is 2. The van der Waals surface area contributed by atoms with Gasteiger partial charge in [0.05, 0.1) is 53.9 Å². The molecule has 0 saturated carbocycles. The maximum absolute atomic E-state index is 11.6. The highest BCUT2D eigenvalue weighted by Gasteiger charge is 2.39. The Morgan fingerprint density at radius 1 is 0.600 bits per heavy atom. The minimum atomic E-state index is -2.03. The molecule has 0 saturated heterocycles. The molecule has 30 heavy (non-hydrogen) atoms. The minimum Gasteiger partial charge on any atom is -0.478 e. The lowest BCUT2D eigenvalue weighted by Gasteiger charge is -2.09. The van der Waals surface area contributed by atoms with Crippen LogP contribution >= 0.6 is 0 Å². The van der Waals surface area contributed by atoms with Gasteiger partial charge in [0.15, 0.2) is 0 Å². The van der Waals surface area contributed by atoms with Crippen LogP contribution in [0.2, 0.25) is 0 Å². The maximum atomic E-state index is 11.6. The van der Waals surface area contributed by atoms with Crippen LogP contribution in [0, 0.1) is 50.6 Å². The third kappa shape index (κ3) is 3.65. The van der Waals surface area contributed by atoms with E-state index in [9.17, 15) is 60.5 Å². The Morgan fingerprint density at radius 2 is 0.933 bits per heavy atom. The number of hydrogen-bond donors (Lipinski definition) is 1. The lowest BCUT2D eigenvalue weighted by Crippen LogP contribution is -2.08. The van der Waals surface area contributed by atoms with Crippen LogP contribution in [-0.2, 0) is 0 Å². The van der Waals surface area contributed by atoms with Gasteiger partial charge >= 0.3 is 5.97 Å². The summed E-state index contributed by atoms with van der Waals surface area (Å²) in [6.45, 7) is 0. The Bertz CT molecular complexity index is 1010. The minimum absolute atomic E-state index is 0.249. The summed E-state index contributed by atoms with van der Waals surface area (Å²) in [6, 6.07) is 1.08. The van der Waals surface area contributed by atoms with Crippen molar-refractivity contribution in [3.8, 4) is 11.1 Å². The summed E-state index contributed by atoms with van der Waals surface area (Å²) < 4.78 is 0. The third-order valence-electron chi connectivity index (χ3n) is 3.68. The van der Waals surface area contributed by atoms with Crippen LogP contribution in [0.3, 0.4) is 0 Å². The standard InChI is InChI=1S/C13H5N5O12/c19-13(20)7-1-5(14(21)22)2-8(16(25)26)11(7)12-9(17(27)28)3-6(15(23)24)4-10(12)18(29)30/h1-4H,(H,19,20). The summed E-state index contributed by atoms with van der Waals surface area (Å²) >= 11 is 0. The lowest BCUT2D eigenvalue weighted by molar-refractivity contribution is -0.402. The first-order valence-corrected chi connectivity index (χ1v) is 7.18. The molecule has 154 valence electrons. The van der Waals surface area contributed by atoms with Gasteiger partial charge in [0.2, 0.25) is 0 Å². The molecule has 0 heterocycles. The molecule has 2 aromatic rings. The van der Waals surface area contributed by atoms with Crippen molar-refractivity contribution in [2.24, 2.45) is 0 Å².